The average molecular weight is 430 g/mol. The molecule has 0 aromatic carbocycles. The van der Waals surface area contributed by atoms with Gasteiger partial charge in [0.1, 0.15) is 5.69 Å². The highest BCUT2D eigenvalue weighted by atomic mass is 32.2. The predicted molar refractivity (Wildman–Crippen MR) is 97.8 cm³/mol. The molecule has 0 N–H and O–H groups in total. The predicted octanol–water partition coefficient (Wildman–Crippen LogP) is 2.41. The Bertz CT molecular complexity index is 1060. The van der Waals surface area contributed by atoms with Crippen LogP contribution in [-0.4, -0.2) is 51.9 Å². The van der Waals surface area contributed by atoms with Gasteiger partial charge in [-0.05, 0) is 31.7 Å². The number of halogens is 3. The smallest absolute Gasteiger partial charge is 0.334 e. The minimum Gasteiger partial charge on any atom is -0.334 e. The van der Waals surface area contributed by atoms with Crippen LogP contribution in [0.1, 0.15) is 49.3 Å². The number of likely N-dealkylation sites (tertiary alicyclic amines) is 1. The van der Waals surface area contributed by atoms with Crippen molar-refractivity contribution >= 4 is 21.4 Å². The van der Waals surface area contributed by atoms with Gasteiger partial charge in [0.2, 0.25) is 5.91 Å². The molecular weight excluding hydrogens is 409 g/mol. The fourth-order valence-corrected chi connectivity index (χ4v) is 5.88. The van der Waals surface area contributed by atoms with E-state index in [1.54, 1.807) is 11.8 Å². The number of fused-ring (bicyclic) bond motifs is 1. The Labute approximate surface area is 165 Å². The van der Waals surface area contributed by atoms with Gasteiger partial charge in [-0.2, -0.15) is 18.3 Å². The van der Waals surface area contributed by atoms with Crippen molar-refractivity contribution in [3.63, 3.8) is 0 Å². The summed E-state index contributed by atoms with van der Waals surface area (Å²) in [4.78, 5) is 18.7. The van der Waals surface area contributed by atoms with E-state index in [2.05, 4.69) is 10.1 Å². The average Bonchev–Trinajstić information content (AvgIpc) is 3.35. The Hall–Kier alpha value is -2.17. The third kappa shape index (κ3) is 3.72. The first-order chi connectivity index (χ1) is 13.6. The van der Waals surface area contributed by atoms with E-state index in [-0.39, 0.29) is 29.5 Å². The summed E-state index contributed by atoms with van der Waals surface area (Å²) in [6.07, 6.45) is -2.70. The standard InChI is InChI=1S/C18H21F3N4O3S/c1-2-12-8-15(18(19,20)21)25-16(22-12)9-13(23-25)14-4-3-6-24(14)17(26)11-5-7-29(27,28)10-11/h8-9,11,14H,2-7,10H2,1H3/t11-,14+/m1/s1. The second-order valence-corrected chi connectivity index (χ2v) is 9.84. The molecule has 7 nitrogen and oxygen atoms in total. The quantitative estimate of drug-likeness (QED) is 0.747. The lowest BCUT2D eigenvalue weighted by Gasteiger charge is -2.25. The van der Waals surface area contributed by atoms with Crippen LogP contribution in [0.15, 0.2) is 12.1 Å². The topological polar surface area (TPSA) is 84.6 Å². The molecule has 158 valence electrons. The van der Waals surface area contributed by atoms with Crippen LogP contribution in [0.25, 0.3) is 5.65 Å². The van der Waals surface area contributed by atoms with Crippen LogP contribution in [0.4, 0.5) is 13.2 Å². The van der Waals surface area contributed by atoms with Gasteiger partial charge in [-0.15, -0.1) is 0 Å². The highest BCUT2D eigenvalue weighted by Gasteiger charge is 2.41. The fourth-order valence-electron chi connectivity index (χ4n) is 4.15. The zero-order chi connectivity index (χ0) is 21.0. The van der Waals surface area contributed by atoms with E-state index in [0.717, 1.165) is 10.6 Å². The number of aromatic nitrogens is 3. The molecule has 0 unspecified atom stereocenters. The van der Waals surface area contributed by atoms with Gasteiger partial charge in [-0.3, -0.25) is 4.79 Å². The van der Waals surface area contributed by atoms with Crippen LogP contribution in [0, 0.1) is 5.92 Å². The number of aryl methyl sites for hydroxylation is 1. The minimum atomic E-state index is -4.59. The van der Waals surface area contributed by atoms with E-state index < -0.39 is 33.7 Å². The van der Waals surface area contributed by atoms with Crippen molar-refractivity contribution in [2.24, 2.45) is 5.92 Å². The molecule has 0 bridgehead atoms. The third-order valence-corrected chi connectivity index (χ3v) is 7.38. The Balaban J connectivity index is 1.69. The molecule has 2 aromatic heterocycles. The first-order valence-corrected chi connectivity index (χ1v) is 11.4. The van der Waals surface area contributed by atoms with Gasteiger partial charge < -0.3 is 4.90 Å². The summed E-state index contributed by atoms with van der Waals surface area (Å²) < 4.78 is 64.7. The van der Waals surface area contributed by atoms with Crippen LogP contribution < -0.4 is 0 Å². The summed E-state index contributed by atoms with van der Waals surface area (Å²) in [5.41, 5.74) is -0.146. The van der Waals surface area contributed by atoms with E-state index in [9.17, 15) is 26.4 Å². The highest BCUT2D eigenvalue weighted by molar-refractivity contribution is 7.91. The Morgan fingerprint density at radius 2 is 2.03 bits per heavy atom. The molecule has 2 aliphatic rings. The van der Waals surface area contributed by atoms with E-state index in [1.165, 1.54) is 6.07 Å². The fraction of sp³-hybridized carbons (Fsp3) is 0.611. The van der Waals surface area contributed by atoms with Gasteiger partial charge in [-0.25, -0.2) is 17.9 Å². The maximum Gasteiger partial charge on any atom is 0.433 e. The monoisotopic (exact) mass is 430 g/mol. The van der Waals surface area contributed by atoms with Crippen molar-refractivity contribution < 1.29 is 26.4 Å². The largest absolute Gasteiger partial charge is 0.433 e. The summed E-state index contributed by atoms with van der Waals surface area (Å²) in [5.74, 6) is -1.02. The maximum atomic E-state index is 13.5. The van der Waals surface area contributed by atoms with E-state index in [1.807, 2.05) is 0 Å². The normalized spacial score (nSPS) is 24.5. The molecule has 11 heteroatoms. The molecule has 2 atom stereocenters. The number of hydrogen-bond donors (Lipinski definition) is 0. The molecule has 2 aromatic rings. The van der Waals surface area contributed by atoms with Gasteiger partial charge >= 0.3 is 6.18 Å². The molecule has 0 spiro atoms. The molecule has 2 aliphatic heterocycles. The van der Waals surface area contributed by atoms with Crippen molar-refractivity contribution in [1.29, 1.82) is 0 Å². The van der Waals surface area contributed by atoms with E-state index in [4.69, 9.17) is 0 Å². The zero-order valence-corrected chi connectivity index (χ0v) is 16.6. The number of nitrogens with zero attached hydrogens (tertiary/aromatic N) is 4. The highest BCUT2D eigenvalue weighted by Crippen LogP contribution is 2.36. The van der Waals surface area contributed by atoms with Crippen LogP contribution in [-0.2, 0) is 27.2 Å². The number of hydrogen-bond acceptors (Lipinski definition) is 5. The van der Waals surface area contributed by atoms with Gasteiger partial charge in [0.15, 0.2) is 15.5 Å². The van der Waals surface area contributed by atoms with Crippen molar-refractivity contribution in [2.45, 2.75) is 44.8 Å². The third-order valence-electron chi connectivity index (χ3n) is 5.61. The van der Waals surface area contributed by atoms with Gasteiger partial charge in [0.05, 0.1) is 29.2 Å². The van der Waals surface area contributed by atoms with Gasteiger partial charge in [0.25, 0.3) is 0 Å². The molecule has 0 aliphatic carbocycles. The second-order valence-electron chi connectivity index (χ2n) is 7.61. The Morgan fingerprint density at radius 1 is 1.28 bits per heavy atom. The van der Waals surface area contributed by atoms with Crippen LogP contribution >= 0.6 is 0 Å². The molecule has 4 rings (SSSR count). The molecule has 0 saturated carbocycles. The summed E-state index contributed by atoms with van der Waals surface area (Å²) in [5, 5.41) is 4.15. The van der Waals surface area contributed by atoms with E-state index in [0.29, 0.717) is 37.2 Å². The number of sulfone groups is 1. The SMILES string of the molecule is CCc1cc(C(F)(F)F)n2nc([C@@H]3CCCN3C(=O)[C@@H]3CCS(=O)(=O)C3)cc2n1. The number of alkyl halides is 3. The zero-order valence-electron chi connectivity index (χ0n) is 15.8. The Kier molecular flexibility index (Phi) is 4.83. The summed E-state index contributed by atoms with van der Waals surface area (Å²) in [7, 11) is -3.20. The summed E-state index contributed by atoms with van der Waals surface area (Å²) in [6, 6.07) is 2.01. The molecule has 2 saturated heterocycles. The lowest BCUT2D eigenvalue weighted by Crippen LogP contribution is -2.36. The molecule has 0 radical (unpaired) electrons. The first kappa shape index (κ1) is 20.1. The van der Waals surface area contributed by atoms with Crippen LogP contribution in [0.2, 0.25) is 0 Å². The van der Waals surface area contributed by atoms with Crippen molar-refractivity contribution in [2.75, 3.05) is 18.1 Å². The molecule has 1 amide bonds. The molecule has 2 fully saturated rings. The lowest BCUT2D eigenvalue weighted by molar-refractivity contribution is -0.143. The summed E-state index contributed by atoms with van der Waals surface area (Å²) in [6.45, 7) is 2.16. The number of carbonyl (C=O) groups excluding carboxylic acids is 1. The Morgan fingerprint density at radius 3 is 2.66 bits per heavy atom. The maximum absolute atomic E-state index is 13.5. The van der Waals surface area contributed by atoms with Crippen molar-refractivity contribution in [3.8, 4) is 0 Å². The first-order valence-electron chi connectivity index (χ1n) is 9.57. The molecular formula is C18H21F3N4O3S. The second kappa shape index (κ2) is 6.96. The van der Waals surface area contributed by atoms with Crippen molar-refractivity contribution in [3.05, 3.63) is 29.2 Å². The summed E-state index contributed by atoms with van der Waals surface area (Å²) >= 11 is 0. The number of rotatable bonds is 3. The van der Waals surface area contributed by atoms with Crippen LogP contribution in [0.3, 0.4) is 0 Å². The van der Waals surface area contributed by atoms with Gasteiger partial charge in [0, 0.05) is 18.3 Å². The van der Waals surface area contributed by atoms with Crippen molar-refractivity contribution in [1.82, 2.24) is 19.5 Å². The number of amides is 1. The van der Waals surface area contributed by atoms with Gasteiger partial charge in [-0.1, -0.05) is 6.92 Å². The minimum absolute atomic E-state index is 0.00502. The van der Waals surface area contributed by atoms with E-state index >= 15 is 0 Å². The number of carbonyl (C=O) groups is 1. The molecule has 4 heterocycles. The lowest BCUT2D eigenvalue weighted by atomic mass is 10.1. The van der Waals surface area contributed by atoms with Crippen LogP contribution in [0.5, 0.6) is 0 Å². The molecule has 29 heavy (non-hydrogen) atoms.